The SMILES string of the molecule is CCNC(=O)c1ccc(C)c(N2CCCCS2(=O)=O)c1. The summed E-state index contributed by atoms with van der Waals surface area (Å²) in [6, 6.07) is 5.19. The van der Waals surface area contributed by atoms with E-state index in [2.05, 4.69) is 5.32 Å². The van der Waals surface area contributed by atoms with Gasteiger partial charge in [-0.05, 0) is 44.4 Å². The van der Waals surface area contributed by atoms with Crippen LogP contribution in [0, 0.1) is 6.92 Å². The minimum atomic E-state index is -3.25. The molecule has 0 radical (unpaired) electrons. The fraction of sp³-hybridized carbons (Fsp3) is 0.500. The molecule has 1 fully saturated rings. The van der Waals surface area contributed by atoms with Gasteiger partial charge in [-0.15, -0.1) is 0 Å². The van der Waals surface area contributed by atoms with Crippen molar-refractivity contribution in [1.29, 1.82) is 0 Å². The highest BCUT2D eigenvalue weighted by atomic mass is 32.2. The summed E-state index contributed by atoms with van der Waals surface area (Å²) in [4.78, 5) is 11.9. The van der Waals surface area contributed by atoms with E-state index in [4.69, 9.17) is 0 Å². The van der Waals surface area contributed by atoms with Crippen LogP contribution in [0.25, 0.3) is 0 Å². The molecule has 5 nitrogen and oxygen atoms in total. The number of benzene rings is 1. The van der Waals surface area contributed by atoms with Gasteiger partial charge in [0.15, 0.2) is 0 Å². The van der Waals surface area contributed by atoms with E-state index in [1.807, 2.05) is 13.8 Å². The Morgan fingerprint density at radius 1 is 1.35 bits per heavy atom. The molecular formula is C14H20N2O3S. The number of hydrogen-bond donors (Lipinski definition) is 1. The first-order valence-electron chi connectivity index (χ1n) is 6.85. The quantitative estimate of drug-likeness (QED) is 0.922. The van der Waals surface area contributed by atoms with E-state index in [0.717, 1.165) is 12.0 Å². The second-order valence-corrected chi connectivity index (χ2v) is 6.97. The van der Waals surface area contributed by atoms with Crippen LogP contribution in [0.3, 0.4) is 0 Å². The molecule has 1 saturated heterocycles. The van der Waals surface area contributed by atoms with Crippen molar-refractivity contribution in [3.8, 4) is 0 Å². The lowest BCUT2D eigenvalue weighted by atomic mass is 10.1. The van der Waals surface area contributed by atoms with E-state index < -0.39 is 10.0 Å². The smallest absolute Gasteiger partial charge is 0.251 e. The Labute approximate surface area is 120 Å². The minimum absolute atomic E-state index is 0.178. The molecular weight excluding hydrogens is 276 g/mol. The number of amides is 1. The topological polar surface area (TPSA) is 66.5 Å². The summed E-state index contributed by atoms with van der Waals surface area (Å²) in [5, 5.41) is 2.73. The number of carbonyl (C=O) groups excluding carboxylic acids is 1. The highest BCUT2D eigenvalue weighted by molar-refractivity contribution is 7.92. The maximum atomic E-state index is 12.2. The zero-order valence-electron chi connectivity index (χ0n) is 11.8. The van der Waals surface area contributed by atoms with Crippen molar-refractivity contribution in [2.45, 2.75) is 26.7 Å². The van der Waals surface area contributed by atoms with E-state index in [1.54, 1.807) is 18.2 Å². The number of anilines is 1. The van der Waals surface area contributed by atoms with Crippen LogP contribution in [0.4, 0.5) is 5.69 Å². The van der Waals surface area contributed by atoms with Crippen LogP contribution in [-0.2, 0) is 10.0 Å². The molecule has 1 aliphatic heterocycles. The molecule has 110 valence electrons. The number of sulfonamides is 1. The Hall–Kier alpha value is -1.56. The number of aryl methyl sites for hydroxylation is 1. The molecule has 0 unspecified atom stereocenters. The second-order valence-electron chi connectivity index (χ2n) is 4.96. The van der Waals surface area contributed by atoms with Gasteiger partial charge in [-0.2, -0.15) is 0 Å². The van der Waals surface area contributed by atoms with Gasteiger partial charge in [0.05, 0.1) is 11.4 Å². The normalized spacial score (nSPS) is 17.8. The van der Waals surface area contributed by atoms with Gasteiger partial charge in [0.25, 0.3) is 5.91 Å². The predicted molar refractivity (Wildman–Crippen MR) is 79.6 cm³/mol. The average Bonchev–Trinajstić information content (AvgIpc) is 2.39. The Bertz CT molecular complexity index is 611. The molecule has 2 rings (SSSR count). The maximum Gasteiger partial charge on any atom is 0.251 e. The molecule has 1 amide bonds. The van der Waals surface area contributed by atoms with Crippen molar-refractivity contribution >= 4 is 21.6 Å². The van der Waals surface area contributed by atoms with Crippen molar-refractivity contribution < 1.29 is 13.2 Å². The van der Waals surface area contributed by atoms with Crippen molar-refractivity contribution in [3.05, 3.63) is 29.3 Å². The number of hydrogen-bond acceptors (Lipinski definition) is 3. The molecule has 0 spiro atoms. The average molecular weight is 296 g/mol. The highest BCUT2D eigenvalue weighted by Crippen LogP contribution is 2.27. The fourth-order valence-electron chi connectivity index (χ4n) is 2.34. The molecule has 1 N–H and O–H groups in total. The molecule has 0 aliphatic carbocycles. The summed E-state index contributed by atoms with van der Waals surface area (Å²) < 4.78 is 25.8. The Morgan fingerprint density at radius 3 is 2.75 bits per heavy atom. The van der Waals surface area contributed by atoms with E-state index in [9.17, 15) is 13.2 Å². The van der Waals surface area contributed by atoms with Crippen molar-refractivity contribution in [2.75, 3.05) is 23.1 Å². The number of nitrogens with zero attached hydrogens (tertiary/aromatic N) is 1. The van der Waals surface area contributed by atoms with Gasteiger partial charge < -0.3 is 5.32 Å². The third kappa shape index (κ3) is 2.95. The first kappa shape index (κ1) is 14.8. The van der Waals surface area contributed by atoms with Gasteiger partial charge in [0, 0.05) is 18.7 Å². The summed E-state index contributed by atoms with van der Waals surface area (Å²) in [6.45, 7) is 4.75. The van der Waals surface area contributed by atoms with Crippen LogP contribution in [0.5, 0.6) is 0 Å². The summed E-state index contributed by atoms with van der Waals surface area (Å²) in [5.41, 5.74) is 1.98. The van der Waals surface area contributed by atoms with Crippen LogP contribution >= 0.6 is 0 Å². The molecule has 0 saturated carbocycles. The third-order valence-corrected chi connectivity index (χ3v) is 5.28. The molecule has 1 aliphatic rings. The minimum Gasteiger partial charge on any atom is -0.352 e. The summed E-state index contributed by atoms with van der Waals surface area (Å²) in [5.74, 6) is 0.000765. The largest absolute Gasteiger partial charge is 0.352 e. The Balaban J connectivity index is 2.40. The third-order valence-electron chi connectivity index (χ3n) is 3.43. The predicted octanol–water partition coefficient (Wildman–Crippen LogP) is 1.67. The van der Waals surface area contributed by atoms with Gasteiger partial charge in [0.2, 0.25) is 10.0 Å². The molecule has 0 bridgehead atoms. The molecule has 6 heteroatoms. The lowest BCUT2D eigenvalue weighted by Crippen LogP contribution is -2.38. The number of rotatable bonds is 3. The monoisotopic (exact) mass is 296 g/mol. The lowest BCUT2D eigenvalue weighted by molar-refractivity contribution is 0.0956. The summed E-state index contributed by atoms with van der Waals surface area (Å²) in [7, 11) is -3.25. The number of carbonyl (C=O) groups is 1. The molecule has 20 heavy (non-hydrogen) atoms. The molecule has 1 aromatic carbocycles. The van der Waals surface area contributed by atoms with Crippen LogP contribution in [-0.4, -0.2) is 33.2 Å². The first-order valence-corrected chi connectivity index (χ1v) is 8.46. The van der Waals surface area contributed by atoms with E-state index in [1.165, 1.54) is 4.31 Å². The highest BCUT2D eigenvalue weighted by Gasteiger charge is 2.27. The van der Waals surface area contributed by atoms with E-state index in [0.29, 0.717) is 30.8 Å². The number of nitrogens with one attached hydrogen (secondary N) is 1. The van der Waals surface area contributed by atoms with Gasteiger partial charge in [0.1, 0.15) is 0 Å². The van der Waals surface area contributed by atoms with E-state index >= 15 is 0 Å². The molecule has 1 aromatic rings. The molecule has 0 atom stereocenters. The summed E-state index contributed by atoms with van der Waals surface area (Å²) >= 11 is 0. The van der Waals surface area contributed by atoms with Crippen LogP contribution in [0.2, 0.25) is 0 Å². The van der Waals surface area contributed by atoms with Crippen molar-refractivity contribution in [3.63, 3.8) is 0 Å². The zero-order chi connectivity index (χ0) is 14.8. The van der Waals surface area contributed by atoms with Crippen molar-refractivity contribution in [1.82, 2.24) is 5.32 Å². The zero-order valence-corrected chi connectivity index (χ0v) is 12.7. The van der Waals surface area contributed by atoms with E-state index in [-0.39, 0.29) is 11.7 Å². The lowest BCUT2D eigenvalue weighted by Gasteiger charge is -2.29. The van der Waals surface area contributed by atoms with Crippen LogP contribution < -0.4 is 9.62 Å². The Kier molecular flexibility index (Phi) is 4.32. The van der Waals surface area contributed by atoms with Crippen LogP contribution in [0.15, 0.2) is 18.2 Å². The van der Waals surface area contributed by atoms with Gasteiger partial charge >= 0.3 is 0 Å². The van der Waals surface area contributed by atoms with Gasteiger partial charge in [-0.25, -0.2) is 8.42 Å². The van der Waals surface area contributed by atoms with Gasteiger partial charge in [-0.1, -0.05) is 6.07 Å². The summed E-state index contributed by atoms with van der Waals surface area (Å²) in [6.07, 6.45) is 1.55. The molecule has 1 heterocycles. The fourth-order valence-corrected chi connectivity index (χ4v) is 4.03. The van der Waals surface area contributed by atoms with Crippen molar-refractivity contribution in [2.24, 2.45) is 0 Å². The molecule has 0 aromatic heterocycles. The standard InChI is InChI=1S/C14H20N2O3S/c1-3-15-14(17)12-7-6-11(2)13(10-12)16-8-4-5-9-20(16,18)19/h6-7,10H,3-5,8-9H2,1-2H3,(H,15,17). The maximum absolute atomic E-state index is 12.2. The van der Waals surface area contributed by atoms with Gasteiger partial charge in [-0.3, -0.25) is 9.10 Å². The Morgan fingerprint density at radius 2 is 2.10 bits per heavy atom. The second kappa shape index (κ2) is 5.83. The first-order chi connectivity index (χ1) is 9.45. The van der Waals surface area contributed by atoms with Crippen LogP contribution in [0.1, 0.15) is 35.7 Å².